The minimum Gasteiger partial charge on any atom is -0.384 e. The van der Waals surface area contributed by atoms with E-state index in [1.54, 1.807) is 0 Å². The first-order valence-corrected chi connectivity index (χ1v) is 6.24. The molecule has 0 aliphatic carbocycles. The molecule has 1 fully saturated rings. The van der Waals surface area contributed by atoms with Gasteiger partial charge in [-0.2, -0.15) is 11.8 Å². The molecule has 1 nitrogen and oxygen atoms in total. The summed E-state index contributed by atoms with van der Waals surface area (Å²) >= 11 is 1.86. The van der Waals surface area contributed by atoms with Crippen LogP contribution < -0.4 is 0 Å². The first-order valence-electron chi connectivity index (χ1n) is 5.09. The van der Waals surface area contributed by atoms with E-state index in [9.17, 15) is 5.11 Å². The molecule has 0 radical (unpaired) electrons. The van der Waals surface area contributed by atoms with Gasteiger partial charge in [0.25, 0.3) is 0 Å². The van der Waals surface area contributed by atoms with Crippen LogP contribution in [0.25, 0.3) is 0 Å². The monoisotopic (exact) mass is 208 g/mol. The third kappa shape index (κ3) is 1.82. The maximum atomic E-state index is 10.5. The minimum atomic E-state index is -0.575. The number of aliphatic hydroxyl groups is 1. The van der Waals surface area contributed by atoms with Gasteiger partial charge >= 0.3 is 0 Å². The fourth-order valence-electron chi connectivity index (χ4n) is 2.09. The second-order valence-electron chi connectivity index (χ2n) is 4.00. The van der Waals surface area contributed by atoms with Gasteiger partial charge in [-0.3, -0.25) is 0 Å². The third-order valence-corrected chi connectivity index (χ3v) is 4.13. The van der Waals surface area contributed by atoms with Crippen molar-refractivity contribution >= 4 is 11.8 Å². The van der Waals surface area contributed by atoms with Gasteiger partial charge in [0.1, 0.15) is 0 Å². The third-order valence-electron chi connectivity index (χ3n) is 2.87. The summed E-state index contributed by atoms with van der Waals surface area (Å²) in [4.78, 5) is 0. The SMILES string of the molecule is Cc1ccccc1C1(O)CCCSC1. The molecule has 1 unspecified atom stereocenters. The predicted octanol–water partition coefficient (Wildman–Crippen LogP) is 2.71. The molecule has 1 heterocycles. The molecule has 0 spiro atoms. The van der Waals surface area contributed by atoms with E-state index in [-0.39, 0.29) is 0 Å². The number of hydrogen-bond acceptors (Lipinski definition) is 2. The smallest absolute Gasteiger partial charge is 0.0989 e. The molecule has 0 bridgehead atoms. The second kappa shape index (κ2) is 3.95. The van der Waals surface area contributed by atoms with Gasteiger partial charge in [0.15, 0.2) is 0 Å². The summed E-state index contributed by atoms with van der Waals surface area (Å²) in [5, 5.41) is 10.5. The zero-order valence-corrected chi connectivity index (χ0v) is 9.31. The molecule has 76 valence electrons. The number of benzene rings is 1. The van der Waals surface area contributed by atoms with Crippen LogP contribution in [0.15, 0.2) is 24.3 Å². The first-order chi connectivity index (χ1) is 6.72. The van der Waals surface area contributed by atoms with Crippen LogP contribution in [0.4, 0.5) is 0 Å². The summed E-state index contributed by atoms with van der Waals surface area (Å²) in [6.45, 7) is 2.08. The van der Waals surface area contributed by atoms with Gasteiger partial charge in [-0.15, -0.1) is 0 Å². The van der Waals surface area contributed by atoms with Crippen LogP contribution in [0.5, 0.6) is 0 Å². The highest BCUT2D eigenvalue weighted by Gasteiger charge is 2.32. The quantitative estimate of drug-likeness (QED) is 0.765. The molecule has 1 aromatic carbocycles. The van der Waals surface area contributed by atoms with E-state index in [1.807, 2.05) is 23.9 Å². The lowest BCUT2D eigenvalue weighted by Crippen LogP contribution is -2.32. The number of hydrogen-bond donors (Lipinski definition) is 1. The lowest BCUT2D eigenvalue weighted by molar-refractivity contribution is 0.0489. The zero-order valence-electron chi connectivity index (χ0n) is 8.49. The van der Waals surface area contributed by atoms with Crippen molar-refractivity contribution in [2.45, 2.75) is 25.4 Å². The molecular formula is C12H16OS. The van der Waals surface area contributed by atoms with Crippen LogP contribution >= 0.6 is 11.8 Å². The number of aryl methyl sites for hydroxylation is 1. The normalized spacial score (nSPS) is 27.6. The molecule has 1 atom stereocenters. The van der Waals surface area contributed by atoms with E-state index in [0.717, 1.165) is 24.2 Å². The van der Waals surface area contributed by atoms with Gasteiger partial charge in [-0.25, -0.2) is 0 Å². The Bertz CT molecular complexity index is 316. The zero-order chi connectivity index (χ0) is 10.0. The summed E-state index contributed by atoms with van der Waals surface area (Å²) in [6.07, 6.45) is 2.03. The Balaban J connectivity index is 2.32. The van der Waals surface area contributed by atoms with Gasteiger partial charge in [0.05, 0.1) is 5.60 Å². The Morgan fingerprint density at radius 2 is 2.14 bits per heavy atom. The molecule has 1 N–H and O–H groups in total. The van der Waals surface area contributed by atoms with E-state index in [2.05, 4.69) is 19.1 Å². The standard InChI is InChI=1S/C12H16OS/c1-10-5-2-3-6-11(10)12(13)7-4-8-14-9-12/h2-3,5-6,13H,4,7-9H2,1H3. The van der Waals surface area contributed by atoms with Crippen LogP contribution in [0.1, 0.15) is 24.0 Å². The molecular weight excluding hydrogens is 192 g/mol. The largest absolute Gasteiger partial charge is 0.384 e. The lowest BCUT2D eigenvalue weighted by Gasteiger charge is -2.33. The number of rotatable bonds is 1. The average Bonchev–Trinajstić information content (AvgIpc) is 2.19. The molecule has 1 aliphatic heterocycles. The van der Waals surface area contributed by atoms with Crippen molar-refractivity contribution in [3.8, 4) is 0 Å². The predicted molar refractivity (Wildman–Crippen MR) is 61.6 cm³/mol. The highest BCUT2D eigenvalue weighted by Crippen LogP contribution is 2.36. The lowest BCUT2D eigenvalue weighted by atomic mass is 9.88. The fourth-order valence-corrected chi connectivity index (χ4v) is 3.22. The summed E-state index contributed by atoms with van der Waals surface area (Å²) in [5.74, 6) is 2.03. The van der Waals surface area contributed by atoms with Gasteiger partial charge < -0.3 is 5.11 Å². The second-order valence-corrected chi connectivity index (χ2v) is 5.11. The summed E-state index contributed by atoms with van der Waals surface area (Å²) in [7, 11) is 0. The van der Waals surface area contributed by atoms with E-state index < -0.39 is 5.60 Å². The van der Waals surface area contributed by atoms with Gasteiger partial charge in [0.2, 0.25) is 0 Å². The van der Waals surface area contributed by atoms with E-state index >= 15 is 0 Å². The van der Waals surface area contributed by atoms with Gasteiger partial charge in [-0.05, 0) is 36.6 Å². The van der Waals surface area contributed by atoms with E-state index in [1.165, 1.54) is 11.3 Å². The van der Waals surface area contributed by atoms with Gasteiger partial charge in [0, 0.05) is 5.75 Å². The van der Waals surface area contributed by atoms with Gasteiger partial charge in [-0.1, -0.05) is 24.3 Å². The molecule has 1 aromatic rings. The average molecular weight is 208 g/mol. The van der Waals surface area contributed by atoms with Crippen LogP contribution in [-0.2, 0) is 5.60 Å². The number of thioether (sulfide) groups is 1. The Kier molecular flexibility index (Phi) is 2.84. The highest BCUT2D eigenvalue weighted by molar-refractivity contribution is 7.99. The topological polar surface area (TPSA) is 20.2 Å². The molecule has 0 amide bonds. The van der Waals surface area contributed by atoms with Crippen molar-refractivity contribution in [2.75, 3.05) is 11.5 Å². The van der Waals surface area contributed by atoms with Crippen molar-refractivity contribution in [1.29, 1.82) is 0 Å². The van der Waals surface area contributed by atoms with Crippen molar-refractivity contribution < 1.29 is 5.11 Å². The molecule has 2 rings (SSSR count). The summed E-state index contributed by atoms with van der Waals surface area (Å²) < 4.78 is 0. The van der Waals surface area contributed by atoms with Crippen LogP contribution in [-0.4, -0.2) is 16.6 Å². The Morgan fingerprint density at radius 3 is 2.79 bits per heavy atom. The summed E-state index contributed by atoms with van der Waals surface area (Å²) in [6, 6.07) is 8.17. The molecule has 0 saturated carbocycles. The van der Waals surface area contributed by atoms with Crippen molar-refractivity contribution in [3.63, 3.8) is 0 Å². The Hall–Kier alpha value is -0.470. The summed E-state index contributed by atoms with van der Waals surface area (Å²) in [5.41, 5.74) is 1.75. The van der Waals surface area contributed by atoms with Crippen LogP contribution in [0.3, 0.4) is 0 Å². The van der Waals surface area contributed by atoms with Crippen LogP contribution in [0.2, 0.25) is 0 Å². The van der Waals surface area contributed by atoms with Crippen molar-refractivity contribution in [3.05, 3.63) is 35.4 Å². The molecule has 1 saturated heterocycles. The molecule has 14 heavy (non-hydrogen) atoms. The fraction of sp³-hybridized carbons (Fsp3) is 0.500. The molecule has 2 heteroatoms. The maximum Gasteiger partial charge on any atom is 0.0989 e. The van der Waals surface area contributed by atoms with Crippen molar-refractivity contribution in [2.24, 2.45) is 0 Å². The maximum absolute atomic E-state index is 10.5. The molecule has 1 aliphatic rings. The Morgan fingerprint density at radius 1 is 1.36 bits per heavy atom. The first kappa shape index (κ1) is 10.1. The highest BCUT2D eigenvalue weighted by atomic mass is 32.2. The van der Waals surface area contributed by atoms with Crippen molar-refractivity contribution in [1.82, 2.24) is 0 Å². The minimum absolute atomic E-state index is 0.575. The van der Waals surface area contributed by atoms with E-state index in [0.29, 0.717) is 0 Å². The Labute approximate surface area is 89.5 Å². The van der Waals surface area contributed by atoms with E-state index in [4.69, 9.17) is 0 Å². The van der Waals surface area contributed by atoms with Crippen LogP contribution in [0, 0.1) is 6.92 Å². The molecule has 0 aromatic heterocycles.